The number of urea groups is 1. The van der Waals surface area contributed by atoms with E-state index in [1.807, 2.05) is 30.3 Å². The Kier molecular flexibility index (Phi) is 5.31. The minimum Gasteiger partial charge on any atom is -0.323 e. The molecule has 134 valence electrons. The van der Waals surface area contributed by atoms with Gasteiger partial charge in [0.1, 0.15) is 0 Å². The van der Waals surface area contributed by atoms with Crippen LogP contribution in [0.5, 0.6) is 0 Å². The van der Waals surface area contributed by atoms with Crippen molar-refractivity contribution in [1.82, 2.24) is 4.90 Å². The number of imide groups is 1. The molecule has 1 aliphatic heterocycles. The minimum absolute atomic E-state index is 0.180. The van der Waals surface area contributed by atoms with Crippen LogP contribution in [0.15, 0.2) is 54.6 Å². The third-order valence-corrected chi connectivity index (χ3v) is 4.27. The maximum absolute atomic E-state index is 12.3. The largest absolute Gasteiger partial charge is 0.323 e. The summed E-state index contributed by atoms with van der Waals surface area (Å²) in [4.78, 5) is 39.0. The molecule has 0 bridgehead atoms. The molecule has 6 nitrogen and oxygen atoms in total. The number of nitrogens with zero attached hydrogens (tertiary/aromatic N) is 2. The molecule has 2 aromatic carbocycles. The van der Waals surface area contributed by atoms with E-state index in [4.69, 9.17) is 0 Å². The molecule has 1 N–H and O–H groups in total. The molecule has 1 aliphatic rings. The first kappa shape index (κ1) is 17.7. The molecule has 6 heteroatoms. The molecular formula is C20H21N3O3. The smallest absolute Gasteiger partial charge is 0.321 e. The van der Waals surface area contributed by atoms with Crippen LogP contribution in [-0.2, 0) is 16.1 Å². The van der Waals surface area contributed by atoms with Crippen LogP contribution in [0.2, 0.25) is 0 Å². The number of carbonyl (C=O) groups is 3. The Bertz CT molecular complexity index is 787. The highest BCUT2D eigenvalue weighted by Crippen LogP contribution is 2.23. The second-order valence-electron chi connectivity index (χ2n) is 6.30. The lowest BCUT2D eigenvalue weighted by atomic mass is 10.1. The number of amides is 4. The predicted molar refractivity (Wildman–Crippen MR) is 99.7 cm³/mol. The van der Waals surface area contributed by atoms with E-state index >= 15 is 0 Å². The molecule has 1 heterocycles. The topological polar surface area (TPSA) is 69.7 Å². The van der Waals surface area contributed by atoms with Crippen LogP contribution >= 0.6 is 0 Å². The molecule has 0 spiro atoms. The summed E-state index contributed by atoms with van der Waals surface area (Å²) in [5.74, 6) is -0.360. The van der Waals surface area contributed by atoms with Gasteiger partial charge in [0.2, 0.25) is 11.8 Å². The lowest BCUT2D eigenvalue weighted by Gasteiger charge is -2.25. The molecule has 0 aromatic heterocycles. The summed E-state index contributed by atoms with van der Waals surface area (Å²) in [6.07, 6.45) is 1.37. The van der Waals surface area contributed by atoms with Crippen LogP contribution in [0.3, 0.4) is 0 Å². The highest BCUT2D eigenvalue weighted by atomic mass is 16.2. The summed E-state index contributed by atoms with van der Waals surface area (Å²) < 4.78 is 0. The maximum Gasteiger partial charge on any atom is 0.321 e. The number of hydrogen-bond acceptors (Lipinski definition) is 3. The zero-order valence-electron chi connectivity index (χ0n) is 14.6. The molecule has 4 amide bonds. The van der Waals surface area contributed by atoms with E-state index in [1.165, 1.54) is 4.90 Å². The Morgan fingerprint density at radius 2 is 1.62 bits per heavy atom. The van der Waals surface area contributed by atoms with E-state index in [0.29, 0.717) is 37.2 Å². The molecular weight excluding hydrogens is 330 g/mol. The third kappa shape index (κ3) is 4.08. The van der Waals surface area contributed by atoms with Crippen LogP contribution in [0.4, 0.5) is 16.2 Å². The number of nitrogens with one attached hydrogen (secondary N) is 1. The van der Waals surface area contributed by atoms with Crippen molar-refractivity contribution in [2.45, 2.75) is 25.8 Å². The number of rotatable bonds is 4. The highest BCUT2D eigenvalue weighted by Gasteiger charge is 2.27. The minimum atomic E-state index is -0.230. The maximum atomic E-state index is 12.3. The van der Waals surface area contributed by atoms with Gasteiger partial charge in [-0.1, -0.05) is 30.3 Å². The van der Waals surface area contributed by atoms with Crippen LogP contribution in [0.25, 0.3) is 0 Å². The van der Waals surface area contributed by atoms with Gasteiger partial charge in [0.15, 0.2) is 0 Å². The Balaban J connectivity index is 1.62. The molecule has 0 saturated carbocycles. The lowest BCUT2D eigenvalue weighted by Crippen LogP contribution is -2.40. The SMILES string of the molecule is CN(Cc1ccccc1)C(=O)Nc1ccc(N2C(=O)CCCC2=O)cc1. The Hall–Kier alpha value is -3.15. The van der Waals surface area contributed by atoms with Crippen molar-refractivity contribution in [3.63, 3.8) is 0 Å². The summed E-state index contributed by atoms with van der Waals surface area (Å²) in [5.41, 5.74) is 2.19. The zero-order valence-corrected chi connectivity index (χ0v) is 14.6. The van der Waals surface area contributed by atoms with E-state index in [1.54, 1.807) is 36.2 Å². The monoisotopic (exact) mass is 351 g/mol. The van der Waals surface area contributed by atoms with E-state index in [-0.39, 0.29) is 17.8 Å². The van der Waals surface area contributed by atoms with Gasteiger partial charge >= 0.3 is 6.03 Å². The van der Waals surface area contributed by atoms with Gasteiger partial charge in [0.05, 0.1) is 5.69 Å². The fourth-order valence-electron chi connectivity index (χ4n) is 2.88. The summed E-state index contributed by atoms with van der Waals surface area (Å²) >= 11 is 0. The quantitative estimate of drug-likeness (QED) is 0.859. The Morgan fingerprint density at radius 3 is 2.23 bits per heavy atom. The van der Waals surface area contributed by atoms with Crippen molar-refractivity contribution < 1.29 is 14.4 Å². The molecule has 1 saturated heterocycles. The summed E-state index contributed by atoms with van der Waals surface area (Å²) in [7, 11) is 1.72. The standard InChI is InChI=1S/C20H21N3O3/c1-22(14-15-6-3-2-4-7-15)20(26)21-16-10-12-17(13-11-16)23-18(24)8-5-9-19(23)25/h2-4,6-7,10-13H,5,8-9,14H2,1H3,(H,21,26). The lowest BCUT2D eigenvalue weighted by molar-refractivity contribution is -0.129. The molecule has 0 atom stereocenters. The number of benzene rings is 2. The first-order valence-electron chi connectivity index (χ1n) is 8.56. The first-order chi connectivity index (χ1) is 12.5. The Labute approximate surface area is 152 Å². The van der Waals surface area contributed by atoms with Gasteiger partial charge in [-0.3, -0.25) is 14.5 Å². The summed E-state index contributed by atoms with van der Waals surface area (Å²) in [5, 5.41) is 2.81. The number of anilines is 2. The molecule has 0 radical (unpaired) electrons. The van der Waals surface area contributed by atoms with Gasteiger partial charge in [-0.2, -0.15) is 0 Å². The van der Waals surface area contributed by atoms with E-state index < -0.39 is 0 Å². The van der Waals surface area contributed by atoms with Crippen molar-refractivity contribution in [2.24, 2.45) is 0 Å². The molecule has 2 aromatic rings. The van der Waals surface area contributed by atoms with Crippen LogP contribution < -0.4 is 10.2 Å². The average Bonchev–Trinajstić information content (AvgIpc) is 2.64. The number of carbonyl (C=O) groups excluding carboxylic acids is 3. The normalized spacial score (nSPS) is 14.3. The highest BCUT2D eigenvalue weighted by molar-refractivity contribution is 6.16. The van der Waals surface area contributed by atoms with Gasteiger partial charge in [-0.15, -0.1) is 0 Å². The van der Waals surface area contributed by atoms with Crippen LogP contribution in [-0.4, -0.2) is 29.8 Å². The Morgan fingerprint density at radius 1 is 1.00 bits per heavy atom. The second-order valence-corrected chi connectivity index (χ2v) is 6.30. The van der Waals surface area contributed by atoms with Gasteiger partial charge < -0.3 is 10.2 Å². The third-order valence-electron chi connectivity index (χ3n) is 4.27. The van der Waals surface area contributed by atoms with Crippen molar-refractivity contribution in [1.29, 1.82) is 0 Å². The fraction of sp³-hybridized carbons (Fsp3) is 0.250. The molecule has 0 aliphatic carbocycles. The fourth-order valence-corrected chi connectivity index (χ4v) is 2.88. The van der Waals surface area contributed by atoms with Crippen molar-refractivity contribution in [3.8, 4) is 0 Å². The van der Waals surface area contributed by atoms with Gasteiger partial charge in [-0.05, 0) is 36.2 Å². The molecule has 1 fully saturated rings. The van der Waals surface area contributed by atoms with Gasteiger partial charge in [-0.25, -0.2) is 4.79 Å². The molecule has 26 heavy (non-hydrogen) atoms. The summed E-state index contributed by atoms with van der Waals surface area (Å²) in [6.45, 7) is 0.502. The molecule has 3 rings (SSSR count). The first-order valence-corrected chi connectivity index (χ1v) is 8.56. The predicted octanol–water partition coefficient (Wildman–Crippen LogP) is 3.39. The number of piperidine rings is 1. The molecule has 0 unspecified atom stereocenters. The van der Waals surface area contributed by atoms with Crippen LogP contribution in [0.1, 0.15) is 24.8 Å². The van der Waals surface area contributed by atoms with E-state index in [2.05, 4.69) is 5.32 Å². The average molecular weight is 351 g/mol. The summed E-state index contributed by atoms with van der Waals surface area (Å²) in [6, 6.07) is 16.2. The van der Waals surface area contributed by atoms with Crippen molar-refractivity contribution >= 4 is 29.2 Å². The van der Waals surface area contributed by atoms with Crippen molar-refractivity contribution in [2.75, 3.05) is 17.3 Å². The van der Waals surface area contributed by atoms with E-state index in [9.17, 15) is 14.4 Å². The van der Waals surface area contributed by atoms with Gasteiger partial charge in [0.25, 0.3) is 0 Å². The zero-order chi connectivity index (χ0) is 18.5. The van der Waals surface area contributed by atoms with Gasteiger partial charge in [0, 0.05) is 32.1 Å². The van der Waals surface area contributed by atoms with Crippen molar-refractivity contribution in [3.05, 3.63) is 60.2 Å². The van der Waals surface area contributed by atoms with Crippen LogP contribution in [0, 0.1) is 0 Å². The number of hydrogen-bond donors (Lipinski definition) is 1. The van der Waals surface area contributed by atoms with E-state index in [0.717, 1.165) is 5.56 Å². The second kappa shape index (κ2) is 7.82.